The Labute approximate surface area is 174 Å². The second-order valence-corrected chi connectivity index (χ2v) is 9.37. The number of halogens is 1. The van der Waals surface area contributed by atoms with Crippen molar-refractivity contribution in [2.45, 2.75) is 37.6 Å². The lowest BCUT2D eigenvalue weighted by molar-refractivity contribution is -0.116. The van der Waals surface area contributed by atoms with Gasteiger partial charge in [0.25, 0.3) is 0 Å². The van der Waals surface area contributed by atoms with Crippen LogP contribution in [0.25, 0.3) is 0 Å². The first-order valence-electron chi connectivity index (χ1n) is 8.99. The summed E-state index contributed by atoms with van der Waals surface area (Å²) in [5.74, 6) is 0.650. The van der Waals surface area contributed by atoms with E-state index in [1.54, 1.807) is 43.2 Å². The Morgan fingerprint density at radius 2 is 2.00 bits per heavy atom. The molecule has 0 bridgehead atoms. The van der Waals surface area contributed by atoms with Gasteiger partial charge in [-0.3, -0.25) is 4.79 Å². The first-order valence-corrected chi connectivity index (χ1v) is 11.3. The van der Waals surface area contributed by atoms with E-state index in [0.29, 0.717) is 12.3 Å². The highest BCUT2D eigenvalue weighted by Crippen LogP contribution is 2.31. The summed E-state index contributed by atoms with van der Waals surface area (Å²) in [5.41, 5.74) is 2.49. The molecule has 3 rings (SSSR count). The van der Waals surface area contributed by atoms with Crippen molar-refractivity contribution in [3.63, 3.8) is 0 Å². The van der Waals surface area contributed by atoms with Crippen LogP contribution >= 0.6 is 15.9 Å². The third-order valence-electron chi connectivity index (χ3n) is 4.87. The monoisotopic (exact) mass is 466 g/mol. The molecule has 1 atom stereocenters. The Balaban J connectivity index is 1.85. The van der Waals surface area contributed by atoms with Crippen molar-refractivity contribution in [2.75, 3.05) is 18.6 Å². The van der Waals surface area contributed by atoms with Gasteiger partial charge in [-0.25, -0.2) is 13.1 Å². The highest BCUT2D eigenvalue weighted by Gasteiger charge is 2.24. The number of nitrogens with zero attached hydrogens (tertiary/aromatic N) is 1. The second kappa shape index (κ2) is 8.23. The fraction of sp³-hybridized carbons (Fsp3) is 0.350. The van der Waals surface area contributed by atoms with Crippen LogP contribution in [0.15, 0.2) is 45.8 Å². The zero-order chi connectivity index (χ0) is 20.5. The molecule has 0 radical (unpaired) electrons. The first-order chi connectivity index (χ1) is 13.2. The van der Waals surface area contributed by atoms with Gasteiger partial charge in [0.15, 0.2) is 0 Å². The summed E-state index contributed by atoms with van der Waals surface area (Å²) >= 11 is 3.42. The molecular weight excluding hydrogens is 444 g/mol. The SMILES string of the molecule is COc1ccc(C(C)NS(=O)(=O)c2ccc3c(c2)CCCN3C(C)=O)cc1Br. The van der Waals surface area contributed by atoms with Gasteiger partial charge in [-0.05, 0) is 77.2 Å². The third-order valence-corrected chi connectivity index (χ3v) is 7.03. The molecule has 2 aromatic rings. The lowest BCUT2D eigenvalue weighted by Gasteiger charge is -2.29. The number of carbonyl (C=O) groups excluding carboxylic acids is 1. The number of benzene rings is 2. The van der Waals surface area contributed by atoms with E-state index in [9.17, 15) is 13.2 Å². The normalized spacial score (nSPS) is 15.1. The minimum absolute atomic E-state index is 0.0339. The molecule has 1 aliphatic heterocycles. The molecule has 6 nitrogen and oxygen atoms in total. The minimum atomic E-state index is -3.71. The number of nitrogens with one attached hydrogen (secondary N) is 1. The van der Waals surface area contributed by atoms with Crippen molar-refractivity contribution in [2.24, 2.45) is 0 Å². The van der Waals surface area contributed by atoms with Crippen molar-refractivity contribution >= 4 is 37.5 Å². The molecule has 1 unspecified atom stereocenters. The lowest BCUT2D eigenvalue weighted by Crippen LogP contribution is -2.34. The van der Waals surface area contributed by atoms with E-state index in [1.807, 2.05) is 12.1 Å². The number of rotatable bonds is 5. The lowest BCUT2D eigenvalue weighted by atomic mass is 10.0. The molecule has 0 fully saturated rings. The predicted octanol–water partition coefficient (Wildman–Crippen LogP) is 3.80. The average Bonchev–Trinajstić information content (AvgIpc) is 2.66. The third kappa shape index (κ3) is 4.24. The van der Waals surface area contributed by atoms with Crippen LogP contribution in [0.4, 0.5) is 5.69 Å². The summed E-state index contributed by atoms with van der Waals surface area (Å²) in [5, 5.41) is 0. The summed E-state index contributed by atoms with van der Waals surface area (Å²) in [7, 11) is -2.13. The Kier molecular flexibility index (Phi) is 6.12. The maximum Gasteiger partial charge on any atom is 0.241 e. The van der Waals surface area contributed by atoms with E-state index >= 15 is 0 Å². The summed E-state index contributed by atoms with van der Waals surface area (Å²) in [6.07, 6.45) is 1.57. The van der Waals surface area contributed by atoms with E-state index in [-0.39, 0.29) is 10.8 Å². The number of methoxy groups -OCH3 is 1. The molecule has 1 heterocycles. The van der Waals surface area contributed by atoms with Gasteiger partial charge in [-0.2, -0.15) is 0 Å². The molecule has 0 saturated carbocycles. The van der Waals surface area contributed by atoms with Crippen LogP contribution in [0.1, 0.15) is 37.4 Å². The molecular formula is C20H23BrN2O4S. The standard InChI is InChI=1S/C20H23BrN2O4S/c1-13(15-6-9-20(27-3)18(21)12-15)22-28(25,26)17-7-8-19-16(11-17)5-4-10-23(19)14(2)24/h6-9,11-13,22H,4-5,10H2,1-3H3. The number of fused-ring (bicyclic) bond motifs is 1. The van der Waals surface area contributed by atoms with Gasteiger partial charge in [0, 0.05) is 25.2 Å². The molecule has 0 spiro atoms. The van der Waals surface area contributed by atoms with Crippen LogP contribution in [0.2, 0.25) is 0 Å². The molecule has 2 aromatic carbocycles. The number of anilines is 1. The number of sulfonamides is 1. The number of ether oxygens (including phenoxy) is 1. The van der Waals surface area contributed by atoms with Gasteiger partial charge in [-0.15, -0.1) is 0 Å². The molecule has 28 heavy (non-hydrogen) atoms. The van der Waals surface area contributed by atoms with Crippen LogP contribution in [0, 0.1) is 0 Å². The summed E-state index contributed by atoms with van der Waals surface area (Å²) < 4.78 is 34.5. The predicted molar refractivity (Wildman–Crippen MR) is 112 cm³/mol. The van der Waals surface area contributed by atoms with Crippen molar-refractivity contribution in [3.8, 4) is 5.75 Å². The molecule has 1 aliphatic rings. The zero-order valence-electron chi connectivity index (χ0n) is 16.0. The van der Waals surface area contributed by atoms with Gasteiger partial charge in [0.05, 0.1) is 16.5 Å². The topological polar surface area (TPSA) is 75.7 Å². The van der Waals surface area contributed by atoms with Crippen LogP contribution in [-0.4, -0.2) is 28.0 Å². The maximum absolute atomic E-state index is 12.9. The van der Waals surface area contributed by atoms with Crippen molar-refractivity contribution in [1.29, 1.82) is 0 Å². The molecule has 0 aliphatic carbocycles. The number of hydrogen-bond acceptors (Lipinski definition) is 4. The molecule has 1 N–H and O–H groups in total. The van der Waals surface area contributed by atoms with Gasteiger partial charge in [0.2, 0.25) is 15.9 Å². The highest BCUT2D eigenvalue weighted by atomic mass is 79.9. The fourth-order valence-electron chi connectivity index (χ4n) is 3.39. The van der Waals surface area contributed by atoms with Gasteiger partial charge >= 0.3 is 0 Å². The fourth-order valence-corrected chi connectivity index (χ4v) is 5.23. The number of aryl methyl sites for hydroxylation is 1. The molecule has 8 heteroatoms. The number of carbonyl (C=O) groups is 1. The second-order valence-electron chi connectivity index (χ2n) is 6.80. The minimum Gasteiger partial charge on any atom is -0.496 e. The van der Waals surface area contributed by atoms with Crippen molar-refractivity contribution in [1.82, 2.24) is 4.72 Å². The number of amides is 1. The van der Waals surface area contributed by atoms with Crippen LogP contribution in [0.5, 0.6) is 5.75 Å². The van der Waals surface area contributed by atoms with E-state index in [0.717, 1.165) is 34.1 Å². The van der Waals surface area contributed by atoms with Crippen LogP contribution in [0.3, 0.4) is 0 Å². The number of hydrogen-bond donors (Lipinski definition) is 1. The molecule has 0 saturated heterocycles. The average molecular weight is 467 g/mol. The van der Waals surface area contributed by atoms with Crippen molar-refractivity contribution in [3.05, 3.63) is 52.0 Å². The van der Waals surface area contributed by atoms with Gasteiger partial charge in [0.1, 0.15) is 5.75 Å². The summed E-state index contributed by atoms with van der Waals surface area (Å²) in [4.78, 5) is 13.7. The summed E-state index contributed by atoms with van der Waals surface area (Å²) in [6, 6.07) is 9.98. The molecule has 1 amide bonds. The van der Waals surface area contributed by atoms with E-state index in [4.69, 9.17) is 4.74 Å². The first kappa shape index (κ1) is 20.8. The van der Waals surface area contributed by atoms with Gasteiger partial charge in [-0.1, -0.05) is 6.07 Å². The van der Waals surface area contributed by atoms with Crippen molar-refractivity contribution < 1.29 is 17.9 Å². The van der Waals surface area contributed by atoms with Crippen LogP contribution < -0.4 is 14.4 Å². The highest BCUT2D eigenvalue weighted by molar-refractivity contribution is 9.10. The Morgan fingerprint density at radius 3 is 2.64 bits per heavy atom. The largest absolute Gasteiger partial charge is 0.496 e. The molecule has 0 aromatic heterocycles. The van der Waals surface area contributed by atoms with Crippen LogP contribution in [-0.2, 0) is 21.2 Å². The van der Waals surface area contributed by atoms with E-state index < -0.39 is 16.1 Å². The zero-order valence-corrected chi connectivity index (χ0v) is 18.4. The Bertz CT molecular complexity index is 1010. The maximum atomic E-state index is 12.9. The Morgan fingerprint density at radius 1 is 1.25 bits per heavy atom. The molecule has 150 valence electrons. The smallest absolute Gasteiger partial charge is 0.241 e. The van der Waals surface area contributed by atoms with E-state index in [2.05, 4.69) is 20.7 Å². The quantitative estimate of drug-likeness (QED) is 0.726. The summed E-state index contributed by atoms with van der Waals surface area (Å²) in [6.45, 7) is 3.98. The van der Waals surface area contributed by atoms with Gasteiger partial charge < -0.3 is 9.64 Å². The van der Waals surface area contributed by atoms with E-state index in [1.165, 1.54) is 6.92 Å². The Hall–Kier alpha value is -1.90.